The zero-order valence-corrected chi connectivity index (χ0v) is 21.4. The summed E-state index contributed by atoms with van der Waals surface area (Å²) < 4.78 is 10.2. The number of methoxy groups -OCH3 is 1. The Balaban J connectivity index is 1.47. The van der Waals surface area contributed by atoms with E-state index in [-0.39, 0.29) is 22.3 Å². The predicted octanol–water partition coefficient (Wildman–Crippen LogP) is 4.95. The number of esters is 1. The van der Waals surface area contributed by atoms with Gasteiger partial charge in [0, 0.05) is 16.9 Å². The van der Waals surface area contributed by atoms with E-state index >= 15 is 0 Å². The van der Waals surface area contributed by atoms with Gasteiger partial charge >= 0.3 is 5.97 Å². The van der Waals surface area contributed by atoms with Crippen molar-refractivity contribution in [2.45, 2.75) is 13.3 Å². The fraction of sp³-hybridized carbons (Fsp3) is 0.143. The van der Waals surface area contributed by atoms with Gasteiger partial charge < -0.3 is 20.1 Å². The average Bonchev–Trinajstić information content (AvgIpc) is 3.15. The quantitative estimate of drug-likeness (QED) is 0.295. The molecule has 0 unspecified atom stereocenters. The van der Waals surface area contributed by atoms with Gasteiger partial charge in [-0.25, -0.2) is 9.69 Å². The molecular weight excluding hydrogens is 510 g/mol. The van der Waals surface area contributed by atoms with Crippen LogP contribution >= 0.6 is 11.6 Å². The average molecular weight is 534 g/mol. The van der Waals surface area contributed by atoms with Crippen LogP contribution in [0.4, 0.5) is 17.1 Å². The van der Waals surface area contributed by atoms with Crippen LogP contribution in [0.3, 0.4) is 0 Å². The third-order valence-corrected chi connectivity index (χ3v) is 5.92. The van der Waals surface area contributed by atoms with Crippen molar-refractivity contribution in [3.63, 3.8) is 0 Å². The van der Waals surface area contributed by atoms with Crippen molar-refractivity contribution in [1.29, 1.82) is 0 Å². The first kappa shape index (κ1) is 26.4. The summed E-state index contributed by atoms with van der Waals surface area (Å²) in [6, 6.07) is 19.2. The molecule has 0 saturated carbocycles. The molecule has 3 aromatic carbocycles. The molecular formula is C28H24ClN3O6. The van der Waals surface area contributed by atoms with Gasteiger partial charge in [-0.15, -0.1) is 0 Å². The summed E-state index contributed by atoms with van der Waals surface area (Å²) in [7, 11) is 1.55. The van der Waals surface area contributed by atoms with Gasteiger partial charge in [0.05, 0.1) is 25.0 Å². The smallest absolute Gasteiger partial charge is 0.338 e. The summed E-state index contributed by atoms with van der Waals surface area (Å²) in [5, 5.41) is 5.35. The van der Waals surface area contributed by atoms with Gasteiger partial charge in [0.25, 0.3) is 17.7 Å². The van der Waals surface area contributed by atoms with Crippen LogP contribution in [0.25, 0.3) is 0 Å². The molecule has 0 radical (unpaired) electrons. The highest BCUT2D eigenvalue weighted by molar-refractivity contribution is 6.53. The Hall–Kier alpha value is -4.63. The summed E-state index contributed by atoms with van der Waals surface area (Å²) in [5.74, 6) is -1.59. The molecule has 10 heteroatoms. The summed E-state index contributed by atoms with van der Waals surface area (Å²) >= 11 is 6.23. The molecule has 38 heavy (non-hydrogen) atoms. The molecule has 4 rings (SSSR count). The molecule has 0 bridgehead atoms. The Kier molecular flexibility index (Phi) is 8.08. The number of imide groups is 1. The molecule has 0 atom stereocenters. The Morgan fingerprint density at radius 3 is 2.26 bits per heavy atom. The van der Waals surface area contributed by atoms with Crippen molar-refractivity contribution < 1.29 is 28.7 Å². The minimum Gasteiger partial charge on any atom is -0.497 e. The van der Waals surface area contributed by atoms with Gasteiger partial charge in [0.1, 0.15) is 16.5 Å². The summed E-state index contributed by atoms with van der Waals surface area (Å²) in [4.78, 5) is 51.6. The number of hydrogen-bond donors (Lipinski definition) is 2. The maximum Gasteiger partial charge on any atom is 0.338 e. The Morgan fingerprint density at radius 2 is 1.61 bits per heavy atom. The molecule has 0 saturated heterocycles. The van der Waals surface area contributed by atoms with Crippen LogP contribution in [0.1, 0.15) is 34.1 Å². The van der Waals surface area contributed by atoms with E-state index in [0.717, 1.165) is 4.90 Å². The van der Waals surface area contributed by atoms with Crippen molar-refractivity contribution in [1.82, 2.24) is 0 Å². The van der Waals surface area contributed by atoms with E-state index in [9.17, 15) is 19.2 Å². The number of nitrogens with zero attached hydrogens (tertiary/aromatic N) is 1. The number of amides is 3. The van der Waals surface area contributed by atoms with Crippen molar-refractivity contribution in [2.75, 3.05) is 29.3 Å². The Bertz CT molecular complexity index is 1420. The third-order valence-electron chi connectivity index (χ3n) is 5.57. The number of carbonyl (C=O) groups is 4. The standard InChI is InChI=1S/C28H24ClN3O6/c1-3-15-38-28(36)17-7-11-21(12-8-17)32-26(34)23(29)24(27(32)35)30-20-6-4-5-18(16-20)25(33)31-19-9-13-22(37-2)14-10-19/h4-14,16,30H,3,15H2,1-2H3,(H,31,33). The molecule has 2 N–H and O–H groups in total. The maximum absolute atomic E-state index is 13.1. The first-order valence-corrected chi connectivity index (χ1v) is 12.1. The number of hydrogen-bond acceptors (Lipinski definition) is 7. The highest BCUT2D eigenvalue weighted by Crippen LogP contribution is 2.30. The first-order valence-electron chi connectivity index (χ1n) is 11.7. The molecule has 3 amide bonds. The van der Waals surface area contributed by atoms with Crippen LogP contribution in [0.15, 0.2) is 83.5 Å². The normalized spacial score (nSPS) is 13.0. The van der Waals surface area contributed by atoms with Crippen LogP contribution in [0, 0.1) is 0 Å². The second-order valence-corrected chi connectivity index (χ2v) is 8.58. The lowest BCUT2D eigenvalue weighted by Gasteiger charge is -2.15. The summed E-state index contributed by atoms with van der Waals surface area (Å²) in [6.07, 6.45) is 0.691. The molecule has 1 aliphatic heterocycles. The van der Waals surface area contributed by atoms with Crippen LogP contribution in [-0.4, -0.2) is 37.4 Å². The van der Waals surface area contributed by atoms with Gasteiger partial charge in [-0.3, -0.25) is 14.4 Å². The maximum atomic E-state index is 13.1. The molecule has 9 nitrogen and oxygen atoms in total. The Morgan fingerprint density at radius 1 is 0.895 bits per heavy atom. The van der Waals surface area contributed by atoms with Gasteiger partial charge in [-0.1, -0.05) is 24.6 Å². The minimum atomic E-state index is -0.714. The molecule has 0 fully saturated rings. The number of nitrogens with one attached hydrogen (secondary N) is 2. The van der Waals surface area contributed by atoms with E-state index < -0.39 is 17.8 Å². The molecule has 0 aliphatic carbocycles. The fourth-order valence-corrected chi connectivity index (χ4v) is 3.84. The van der Waals surface area contributed by atoms with Crippen LogP contribution in [0.2, 0.25) is 0 Å². The molecule has 0 aromatic heterocycles. The highest BCUT2D eigenvalue weighted by Gasteiger charge is 2.39. The monoisotopic (exact) mass is 533 g/mol. The molecule has 0 spiro atoms. The van der Waals surface area contributed by atoms with E-state index in [4.69, 9.17) is 21.1 Å². The van der Waals surface area contributed by atoms with Gasteiger partial charge in [0.15, 0.2) is 0 Å². The number of carbonyl (C=O) groups excluding carboxylic acids is 4. The number of anilines is 3. The van der Waals surface area contributed by atoms with Gasteiger partial charge in [-0.05, 0) is 73.2 Å². The topological polar surface area (TPSA) is 114 Å². The number of benzene rings is 3. The first-order chi connectivity index (χ1) is 18.3. The lowest BCUT2D eigenvalue weighted by Crippen LogP contribution is -2.32. The molecule has 194 valence electrons. The van der Waals surface area contributed by atoms with Crippen molar-refractivity contribution in [2.24, 2.45) is 0 Å². The zero-order valence-electron chi connectivity index (χ0n) is 20.6. The zero-order chi connectivity index (χ0) is 27.2. The molecule has 1 heterocycles. The fourth-order valence-electron chi connectivity index (χ4n) is 3.63. The van der Waals surface area contributed by atoms with E-state index in [1.54, 1.807) is 49.6 Å². The molecule has 1 aliphatic rings. The molecule has 3 aromatic rings. The van der Waals surface area contributed by atoms with E-state index in [1.807, 2.05) is 6.92 Å². The van der Waals surface area contributed by atoms with E-state index in [2.05, 4.69) is 10.6 Å². The van der Waals surface area contributed by atoms with Crippen molar-refractivity contribution >= 4 is 52.4 Å². The minimum absolute atomic E-state index is 0.129. The SMILES string of the molecule is CCCOC(=O)c1ccc(N2C(=O)C(Cl)=C(Nc3cccc(C(=O)Nc4ccc(OC)cc4)c3)C2=O)cc1. The number of ether oxygens (including phenoxy) is 2. The van der Waals surface area contributed by atoms with Gasteiger partial charge in [0.2, 0.25) is 0 Å². The van der Waals surface area contributed by atoms with Crippen LogP contribution in [0.5, 0.6) is 5.75 Å². The largest absolute Gasteiger partial charge is 0.497 e. The van der Waals surface area contributed by atoms with Gasteiger partial charge in [-0.2, -0.15) is 0 Å². The third kappa shape index (κ3) is 5.68. The lowest BCUT2D eigenvalue weighted by molar-refractivity contribution is -0.120. The number of rotatable bonds is 9. The van der Waals surface area contributed by atoms with Crippen molar-refractivity contribution in [3.8, 4) is 5.75 Å². The van der Waals surface area contributed by atoms with Crippen LogP contribution in [-0.2, 0) is 14.3 Å². The second-order valence-electron chi connectivity index (χ2n) is 8.21. The summed E-state index contributed by atoms with van der Waals surface area (Å²) in [6.45, 7) is 2.18. The second kappa shape index (κ2) is 11.6. The van der Waals surface area contributed by atoms with Crippen LogP contribution < -0.4 is 20.3 Å². The predicted molar refractivity (Wildman–Crippen MR) is 143 cm³/mol. The number of halogens is 1. The highest BCUT2D eigenvalue weighted by atomic mass is 35.5. The lowest BCUT2D eigenvalue weighted by atomic mass is 10.1. The summed E-state index contributed by atoms with van der Waals surface area (Å²) in [5.41, 5.74) is 1.70. The van der Waals surface area contributed by atoms with Crippen molar-refractivity contribution in [3.05, 3.63) is 94.7 Å². The Labute approximate surface area is 224 Å². The van der Waals surface area contributed by atoms with E-state index in [1.165, 1.54) is 30.3 Å². The van der Waals surface area contributed by atoms with E-state index in [0.29, 0.717) is 41.3 Å².